The predicted molar refractivity (Wildman–Crippen MR) is 140 cm³/mol. The molecular weight excluding hydrogens is 500 g/mol. The molecule has 1 aromatic carbocycles. The quantitative estimate of drug-likeness (QED) is 0.615. The second-order valence-electron chi connectivity index (χ2n) is 9.63. The number of hydrogen-bond donors (Lipinski definition) is 1. The molecule has 8 nitrogen and oxygen atoms in total. The molecule has 0 unspecified atom stereocenters. The fourth-order valence-corrected chi connectivity index (χ4v) is 6.30. The molecule has 1 saturated heterocycles. The van der Waals surface area contributed by atoms with Gasteiger partial charge in [0.1, 0.15) is 28.7 Å². The zero-order valence-corrected chi connectivity index (χ0v) is 22.2. The number of carbonyl (C=O) groups excluding carboxylic acids is 1. The molecule has 10 heteroatoms. The van der Waals surface area contributed by atoms with E-state index in [4.69, 9.17) is 14.2 Å². The molecule has 0 spiro atoms. The summed E-state index contributed by atoms with van der Waals surface area (Å²) in [6.07, 6.45) is 2.03. The van der Waals surface area contributed by atoms with Crippen LogP contribution in [0.3, 0.4) is 0 Å². The summed E-state index contributed by atoms with van der Waals surface area (Å²) in [5.74, 6) is 0.444. The van der Waals surface area contributed by atoms with Gasteiger partial charge in [0.2, 0.25) is 0 Å². The summed E-state index contributed by atoms with van der Waals surface area (Å²) in [5, 5.41) is 6.41. The van der Waals surface area contributed by atoms with Crippen molar-refractivity contribution in [3.8, 4) is 11.5 Å². The van der Waals surface area contributed by atoms with Gasteiger partial charge in [-0.1, -0.05) is 0 Å². The van der Waals surface area contributed by atoms with Gasteiger partial charge in [-0.2, -0.15) is 11.3 Å². The number of methoxy groups -OCH3 is 1. The standard InChI is InChI=1S/C26H28N2O6S2/c1-15(2)36(30,31)22-8-18-20(9-21(22)32-4)34-11-19-23(18)17(7-16-5-6-35-12-16)10-27-24(19)25(29)28-26(3)13-33-14-26/h5-9,12,15H,10-11,13-14H2,1-4H3,(H,28,29)/b17-7-. The highest BCUT2D eigenvalue weighted by Gasteiger charge is 2.39. The summed E-state index contributed by atoms with van der Waals surface area (Å²) < 4.78 is 43.2. The van der Waals surface area contributed by atoms with Crippen molar-refractivity contribution in [1.82, 2.24) is 5.32 Å². The van der Waals surface area contributed by atoms with E-state index in [0.29, 0.717) is 35.8 Å². The molecule has 36 heavy (non-hydrogen) atoms. The van der Waals surface area contributed by atoms with Gasteiger partial charge in [-0.15, -0.1) is 0 Å². The summed E-state index contributed by atoms with van der Waals surface area (Å²) in [5.41, 5.74) is 3.79. The number of sulfone groups is 1. The monoisotopic (exact) mass is 528 g/mol. The van der Waals surface area contributed by atoms with E-state index in [1.54, 1.807) is 37.3 Å². The van der Waals surface area contributed by atoms with E-state index in [0.717, 1.165) is 16.7 Å². The molecule has 0 saturated carbocycles. The highest BCUT2D eigenvalue weighted by atomic mass is 32.2. The van der Waals surface area contributed by atoms with E-state index in [2.05, 4.69) is 10.3 Å². The number of dihydropyridines is 1. The highest BCUT2D eigenvalue weighted by Crippen LogP contribution is 2.45. The number of rotatable bonds is 6. The smallest absolute Gasteiger partial charge is 0.270 e. The number of aliphatic imine (C=N–C) groups is 1. The summed E-state index contributed by atoms with van der Waals surface area (Å²) in [6, 6.07) is 5.24. The van der Waals surface area contributed by atoms with E-state index >= 15 is 0 Å². The first-order chi connectivity index (χ1) is 17.1. The molecule has 3 aliphatic heterocycles. The topological polar surface area (TPSA) is 103 Å². The molecule has 0 aliphatic carbocycles. The zero-order chi connectivity index (χ0) is 25.7. The van der Waals surface area contributed by atoms with Gasteiger partial charge in [-0.25, -0.2) is 8.42 Å². The molecule has 5 rings (SSSR count). The minimum absolute atomic E-state index is 0.0959. The van der Waals surface area contributed by atoms with Crippen LogP contribution in [0.4, 0.5) is 0 Å². The Morgan fingerprint density at radius 3 is 2.69 bits per heavy atom. The third-order valence-corrected chi connectivity index (χ3v) is 9.38. The van der Waals surface area contributed by atoms with Crippen molar-refractivity contribution in [2.24, 2.45) is 4.99 Å². The Kier molecular flexibility index (Phi) is 6.30. The first-order valence-electron chi connectivity index (χ1n) is 11.6. The lowest BCUT2D eigenvalue weighted by atomic mass is 9.85. The van der Waals surface area contributed by atoms with E-state index in [1.807, 2.05) is 29.8 Å². The predicted octanol–water partition coefficient (Wildman–Crippen LogP) is 3.53. The minimum Gasteiger partial charge on any atom is -0.495 e. The lowest BCUT2D eigenvalue weighted by Crippen LogP contribution is -2.61. The molecule has 1 N–H and O–H groups in total. The van der Waals surface area contributed by atoms with Crippen LogP contribution in [0.5, 0.6) is 11.5 Å². The number of hydrogen-bond acceptors (Lipinski definition) is 8. The molecule has 1 aromatic heterocycles. The van der Waals surface area contributed by atoms with Gasteiger partial charge >= 0.3 is 0 Å². The number of ether oxygens (including phenoxy) is 3. The fraction of sp³-hybridized carbons (Fsp3) is 0.385. The van der Waals surface area contributed by atoms with Gasteiger partial charge in [0, 0.05) is 17.2 Å². The molecule has 0 radical (unpaired) electrons. The average Bonchev–Trinajstić information content (AvgIpc) is 3.34. The first kappa shape index (κ1) is 24.7. The van der Waals surface area contributed by atoms with Crippen molar-refractivity contribution in [3.63, 3.8) is 0 Å². The third kappa shape index (κ3) is 4.27. The number of nitrogens with zero attached hydrogens (tertiary/aromatic N) is 1. The molecule has 0 bridgehead atoms. The molecule has 1 fully saturated rings. The van der Waals surface area contributed by atoms with Crippen LogP contribution in [0, 0.1) is 0 Å². The first-order valence-corrected chi connectivity index (χ1v) is 14.1. The number of benzene rings is 1. The summed E-state index contributed by atoms with van der Waals surface area (Å²) >= 11 is 1.58. The Labute approximate surface area is 214 Å². The van der Waals surface area contributed by atoms with Gasteiger partial charge in [0.25, 0.3) is 5.91 Å². The van der Waals surface area contributed by atoms with Crippen molar-refractivity contribution in [3.05, 3.63) is 51.2 Å². The Morgan fingerprint density at radius 2 is 2.08 bits per heavy atom. The van der Waals surface area contributed by atoms with Crippen LogP contribution in [-0.2, 0) is 19.4 Å². The fourth-order valence-electron chi connectivity index (χ4n) is 4.47. The van der Waals surface area contributed by atoms with Crippen LogP contribution >= 0.6 is 11.3 Å². The summed E-state index contributed by atoms with van der Waals surface area (Å²) in [4.78, 5) is 18.0. The Bertz CT molecular complexity index is 1410. The maximum Gasteiger partial charge on any atom is 0.270 e. The zero-order valence-electron chi connectivity index (χ0n) is 20.6. The number of carbonyl (C=O) groups is 1. The molecule has 3 aliphatic rings. The van der Waals surface area contributed by atoms with Crippen LogP contribution < -0.4 is 14.8 Å². The number of amides is 1. The lowest BCUT2D eigenvalue weighted by Gasteiger charge is -2.39. The highest BCUT2D eigenvalue weighted by molar-refractivity contribution is 7.92. The van der Waals surface area contributed by atoms with E-state index in [9.17, 15) is 13.2 Å². The van der Waals surface area contributed by atoms with E-state index in [1.165, 1.54) is 7.11 Å². The summed E-state index contributed by atoms with van der Waals surface area (Å²) in [6.45, 7) is 6.49. The third-order valence-electron chi connectivity index (χ3n) is 6.51. The van der Waals surface area contributed by atoms with Crippen molar-refractivity contribution in [1.29, 1.82) is 0 Å². The summed E-state index contributed by atoms with van der Waals surface area (Å²) in [7, 11) is -2.21. The van der Waals surface area contributed by atoms with Crippen molar-refractivity contribution >= 4 is 44.4 Å². The minimum atomic E-state index is -3.65. The molecule has 2 aromatic rings. The number of fused-ring (bicyclic) bond motifs is 2. The SMILES string of the molecule is COc1cc2c(cc1S(=O)(=O)C(C)C)C1=C(CO2)C(C(=O)NC2(C)COC2)=NC/C1=C/c1ccsc1. The normalized spacial score (nSPS) is 19.7. The van der Waals surface area contributed by atoms with Gasteiger partial charge < -0.3 is 19.5 Å². The van der Waals surface area contributed by atoms with Crippen molar-refractivity contribution in [2.45, 2.75) is 36.5 Å². The van der Waals surface area contributed by atoms with Crippen LogP contribution in [0.2, 0.25) is 0 Å². The van der Waals surface area contributed by atoms with Crippen molar-refractivity contribution in [2.75, 3.05) is 33.5 Å². The van der Waals surface area contributed by atoms with Gasteiger partial charge in [-0.3, -0.25) is 9.79 Å². The molecule has 0 atom stereocenters. The van der Waals surface area contributed by atoms with Crippen LogP contribution in [0.25, 0.3) is 11.6 Å². The average molecular weight is 529 g/mol. The number of thiophene rings is 1. The van der Waals surface area contributed by atoms with Crippen LogP contribution in [-0.4, -0.2) is 64.3 Å². The van der Waals surface area contributed by atoms with Gasteiger partial charge in [0.05, 0.1) is 37.7 Å². The Balaban J connectivity index is 1.68. The molecular formula is C26H28N2O6S2. The second kappa shape index (κ2) is 9.17. The largest absolute Gasteiger partial charge is 0.495 e. The molecule has 4 heterocycles. The van der Waals surface area contributed by atoms with E-state index in [-0.39, 0.29) is 29.7 Å². The maximum absolute atomic E-state index is 13.3. The van der Waals surface area contributed by atoms with Crippen molar-refractivity contribution < 1.29 is 27.4 Å². The second-order valence-corrected chi connectivity index (χ2v) is 12.9. The van der Waals surface area contributed by atoms with Gasteiger partial charge in [-0.05, 0) is 66.4 Å². The van der Waals surface area contributed by atoms with Gasteiger partial charge in [0.15, 0.2) is 9.84 Å². The Hall–Kier alpha value is -2.95. The van der Waals surface area contributed by atoms with Crippen LogP contribution in [0.1, 0.15) is 31.9 Å². The number of nitrogens with one attached hydrogen (secondary N) is 1. The molecule has 1 amide bonds. The maximum atomic E-state index is 13.3. The van der Waals surface area contributed by atoms with E-state index < -0.39 is 20.6 Å². The van der Waals surface area contributed by atoms with Crippen LogP contribution in [0.15, 0.2) is 50.0 Å². The Morgan fingerprint density at radius 1 is 1.31 bits per heavy atom. The molecule has 190 valence electrons. The lowest BCUT2D eigenvalue weighted by molar-refractivity contribution is -0.124.